The van der Waals surface area contributed by atoms with Crippen LogP contribution in [0, 0.1) is 5.92 Å². The van der Waals surface area contributed by atoms with Crippen molar-refractivity contribution in [1.29, 1.82) is 0 Å². The quantitative estimate of drug-likeness (QED) is 0.919. The first-order chi connectivity index (χ1) is 11.3. The average molecular weight is 340 g/mol. The molecule has 2 amide bonds. The van der Waals surface area contributed by atoms with Crippen LogP contribution in [0.4, 0.5) is 13.2 Å². The van der Waals surface area contributed by atoms with Gasteiger partial charge in [0, 0.05) is 13.0 Å². The summed E-state index contributed by atoms with van der Waals surface area (Å²) in [5.74, 6) is -1.67. The number of benzene rings is 1. The summed E-state index contributed by atoms with van der Waals surface area (Å²) in [5.41, 5.74) is 2.25. The van der Waals surface area contributed by atoms with Crippen LogP contribution in [0.5, 0.6) is 0 Å². The number of amides is 2. The van der Waals surface area contributed by atoms with Crippen molar-refractivity contribution in [3.8, 4) is 0 Å². The van der Waals surface area contributed by atoms with E-state index in [9.17, 15) is 22.8 Å². The van der Waals surface area contributed by atoms with Gasteiger partial charge in [-0.2, -0.15) is 13.2 Å². The third-order valence-corrected chi connectivity index (χ3v) is 4.64. The molecular weight excluding hydrogens is 321 g/mol. The van der Waals surface area contributed by atoms with Gasteiger partial charge in [-0.1, -0.05) is 24.3 Å². The fraction of sp³-hybridized carbons (Fsp3) is 0.529. The van der Waals surface area contributed by atoms with Crippen molar-refractivity contribution in [2.45, 2.75) is 37.9 Å². The summed E-state index contributed by atoms with van der Waals surface area (Å²) >= 11 is 0. The minimum Gasteiger partial charge on any atom is -0.349 e. The Hall–Kier alpha value is -2.05. The summed E-state index contributed by atoms with van der Waals surface area (Å²) in [4.78, 5) is 24.8. The highest BCUT2D eigenvalue weighted by atomic mass is 19.4. The van der Waals surface area contributed by atoms with Crippen LogP contribution < -0.4 is 5.32 Å². The molecule has 0 bridgehead atoms. The highest BCUT2D eigenvalue weighted by Crippen LogP contribution is 2.30. The molecule has 130 valence electrons. The van der Waals surface area contributed by atoms with E-state index >= 15 is 0 Å². The minimum absolute atomic E-state index is 0.130. The van der Waals surface area contributed by atoms with Crippen molar-refractivity contribution in [2.75, 3.05) is 13.1 Å². The Balaban J connectivity index is 1.63. The number of hydrogen-bond donors (Lipinski definition) is 1. The summed E-state index contributed by atoms with van der Waals surface area (Å²) in [7, 11) is 0. The fourth-order valence-corrected chi connectivity index (χ4v) is 3.51. The van der Waals surface area contributed by atoms with Crippen LogP contribution in [0.1, 0.15) is 36.4 Å². The highest BCUT2D eigenvalue weighted by molar-refractivity contribution is 5.89. The van der Waals surface area contributed by atoms with Crippen LogP contribution in [0.15, 0.2) is 24.3 Å². The molecule has 24 heavy (non-hydrogen) atoms. The van der Waals surface area contributed by atoms with Gasteiger partial charge in [0.25, 0.3) is 0 Å². The fourth-order valence-electron chi connectivity index (χ4n) is 3.51. The first kappa shape index (κ1) is 16.8. The van der Waals surface area contributed by atoms with E-state index in [-0.39, 0.29) is 24.9 Å². The van der Waals surface area contributed by atoms with Gasteiger partial charge in [0.2, 0.25) is 11.8 Å². The topological polar surface area (TPSA) is 49.4 Å². The Morgan fingerprint density at radius 2 is 2.04 bits per heavy atom. The molecular formula is C17H19F3N2O2. The number of likely N-dealkylation sites (tertiary alicyclic amines) is 1. The van der Waals surface area contributed by atoms with Gasteiger partial charge in [0.15, 0.2) is 0 Å². The van der Waals surface area contributed by atoms with Crippen molar-refractivity contribution < 1.29 is 22.8 Å². The summed E-state index contributed by atoms with van der Waals surface area (Å²) < 4.78 is 37.4. The van der Waals surface area contributed by atoms with Crippen LogP contribution in [-0.4, -0.2) is 36.0 Å². The normalized spacial score (nSPS) is 24.0. The van der Waals surface area contributed by atoms with E-state index in [1.165, 1.54) is 5.56 Å². The van der Waals surface area contributed by atoms with Crippen molar-refractivity contribution in [2.24, 2.45) is 5.92 Å². The van der Waals surface area contributed by atoms with Gasteiger partial charge >= 0.3 is 6.18 Å². The van der Waals surface area contributed by atoms with Crippen molar-refractivity contribution in [3.05, 3.63) is 35.4 Å². The molecule has 7 heteroatoms. The van der Waals surface area contributed by atoms with Crippen LogP contribution in [0.25, 0.3) is 0 Å². The van der Waals surface area contributed by atoms with Gasteiger partial charge in [-0.05, 0) is 30.4 Å². The number of fused-ring (bicyclic) bond motifs is 1. The smallest absolute Gasteiger partial charge is 0.349 e. The van der Waals surface area contributed by atoms with Crippen LogP contribution >= 0.6 is 0 Å². The lowest BCUT2D eigenvalue weighted by molar-refractivity contribution is -0.157. The van der Waals surface area contributed by atoms with E-state index in [0.717, 1.165) is 29.7 Å². The Labute approximate surface area is 138 Å². The molecule has 1 saturated heterocycles. The maximum absolute atomic E-state index is 12.5. The van der Waals surface area contributed by atoms with Gasteiger partial charge in [0.05, 0.1) is 12.0 Å². The third kappa shape index (κ3) is 3.71. The number of aryl methyl sites for hydroxylation is 1. The molecule has 1 N–H and O–H groups in total. The lowest BCUT2D eigenvalue weighted by Crippen LogP contribution is -2.38. The molecule has 0 unspecified atom stereocenters. The van der Waals surface area contributed by atoms with E-state index in [1.54, 1.807) is 0 Å². The monoisotopic (exact) mass is 340 g/mol. The highest BCUT2D eigenvalue weighted by Gasteiger charge is 2.41. The van der Waals surface area contributed by atoms with Crippen LogP contribution in [0.2, 0.25) is 0 Å². The van der Waals surface area contributed by atoms with E-state index in [4.69, 9.17) is 0 Å². The van der Waals surface area contributed by atoms with Gasteiger partial charge in [-0.25, -0.2) is 0 Å². The second-order valence-electron chi connectivity index (χ2n) is 6.44. The Morgan fingerprint density at radius 1 is 1.29 bits per heavy atom. The molecule has 2 aliphatic rings. The number of alkyl halides is 3. The molecule has 1 fully saturated rings. The predicted octanol–water partition coefficient (Wildman–Crippen LogP) is 2.59. The number of halogens is 3. The molecule has 1 aromatic rings. The third-order valence-electron chi connectivity index (χ3n) is 4.64. The molecule has 0 aromatic heterocycles. The van der Waals surface area contributed by atoms with Gasteiger partial charge < -0.3 is 10.2 Å². The summed E-state index contributed by atoms with van der Waals surface area (Å²) in [6.45, 7) is -1.46. The molecule has 0 saturated carbocycles. The summed E-state index contributed by atoms with van der Waals surface area (Å²) in [6.07, 6.45) is -1.88. The number of rotatable bonds is 3. The molecule has 1 aromatic carbocycles. The molecule has 1 aliphatic carbocycles. The Morgan fingerprint density at radius 3 is 2.79 bits per heavy atom. The number of carbonyl (C=O) groups excluding carboxylic acids is 2. The minimum atomic E-state index is -4.44. The maximum atomic E-state index is 12.5. The number of nitrogens with zero attached hydrogens (tertiary/aromatic N) is 1. The van der Waals surface area contributed by atoms with Gasteiger partial charge in [0.1, 0.15) is 6.54 Å². The predicted molar refractivity (Wildman–Crippen MR) is 81.0 cm³/mol. The lowest BCUT2D eigenvalue weighted by Gasteiger charge is -2.27. The molecule has 1 heterocycles. The maximum Gasteiger partial charge on any atom is 0.406 e. The lowest BCUT2D eigenvalue weighted by atomic mass is 9.87. The first-order valence-electron chi connectivity index (χ1n) is 8.06. The zero-order valence-electron chi connectivity index (χ0n) is 13.1. The van der Waals surface area contributed by atoms with Crippen molar-refractivity contribution in [1.82, 2.24) is 10.2 Å². The van der Waals surface area contributed by atoms with Crippen molar-refractivity contribution in [3.63, 3.8) is 0 Å². The van der Waals surface area contributed by atoms with Gasteiger partial charge in [-0.3, -0.25) is 9.59 Å². The molecule has 1 aliphatic heterocycles. The second-order valence-corrected chi connectivity index (χ2v) is 6.44. The van der Waals surface area contributed by atoms with Gasteiger partial charge in [-0.15, -0.1) is 0 Å². The number of nitrogens with one attached hydrogen (secondary N) is 1. The van der Waals surface area contributed by atoms with Crippen LogP contribution in [-0.2, 0) is 16.0 Å². The average Bonchev–Trinajstić information content (AvgIpc) is 2.87. The molecule has 2 atom stereocenters. The molecule has 3 rings (SSSR count). The molecule has 0 spiro atoms. The van der Waals surface area contributed by atoms with E-state index in [2.05, 4.69) is 5.32 Å². The van der Waals surface area contributed by atoms with Crippen LogP contribution in [0.3, 0.4) is 0 Å². The number of carbonyl (C=O) groups is 2. The van der Waals surface area contributed by atoms with E-state index in [1.807, 2.05) is 24.3 Å². The van der Waals surface area contributed by atoms with Crippen molar-refractivity contribution >= 4 is 11.8 Å². The molecule has 4 nitrogen and oxygen atoms in total. The zero-order valence-corrected chi connectivity index (χ0v) is 13.1. The number of hydrogen-bond acceptors (Lipinski definition) is 2. The Bertz CT molecular complexity index is 645. The molecule has 0 radical (unpaired) electrons. The zero-order chi connectivity index (χ0) is 17.3. The first-order valence-corrected chi connectivity index (χ1v) is 8.06. The summed E-state index contributed by atoms with van der Waals surface area (Å²) in [6, 6.07) is 7.72. The largest absolute Gasteiger partial charge is 0.406 e. The summed E-state index contributed by atoms with van der Waals surface area (Å²) in [5, 5.41) is 2.92. The van der Waals surface area contributed by atoms with E-state index < -0.39 is 24.5 Å². The standard InChI is InChI=1S/C17H19F3N2O2/c18-17(19,20)10-22-9-12(8-15(22)23)16(24)21-14-7-3-5-11-4-1-2-6-13(11)14/h1-2,4,6,12,14H,3,5,7-10H2,(H,21,24)/t12-,14-/m0/s1. The van der Waals surface area contributed by atoms with E-state index in [0.29, 0.717) is 0 Å². The second kappa shape index (κ2) is 6.45. The Kier molecular flexibility index (Phi) is 4.51. The SMILES string of the molecule is O=C(N[C@H]1CCCc2ccccc21)[C@H]1CC(=O)N(CC(F)(F)F)C1.